The second-order valence-electron chi connectivity index (χ2n) is 5.28. The van der Waals surface area contributed by atoms with E-state index in [4.69, 9.17) is 0 Å². The SMILES string of the molecule is CC(=O)NC1CN(C(=O)c2cc(-c3ccc(Br)cc3)n[nH]2)C1. The number of carbonyl (C=O) groups is 2. The number of rotatable bonds is 3. The molecule has 1 fully saturated rings. The number of H-pyrrole nitrogens is 1. The number of hydrogen-bond donors (Lipinski definition) is 2. The Hall–Kier alpha value is -2.15. The van der Waals surface area contributed by atoms with Crippen LogP contribution >= 0.6 is 15.9 Å². The molecule has 2 aromatic rings. The van der Waals surface area contributed by atoms with Crippen molar-refractivity contribution in [2.75, 3.05) is 13.1 Å². The maximum atomic E-state index is 12.3. The van der Waals surface area contributed by atoms with Gasteiger partial charge >= 0.3 is 0 Å². The van der Waals surface area contributed by atoms with Crippen molar-refractivity contribution in [3.63, 3.8) is 0 Å². The second-order valence-corrected chi connectivity index (χ2v) is 6.20. The molecule has 22 heavy (non-hydrogen) atoms. The van der Waals surface area contributed by atoms with E-state index in [9.17, 15) is 9.59 Å². The van der Waals surface area contributed by atoms with Gasteiger partial charge in [0.05, 0.1) is 11.7 Å². The predicted molar refractivity (Wildman–Crippen MR) is 85.2 cm³/mol. The number of amides is 2. The van der Waals surface area contributed by atoms with E-state index in [0.29, 0.717) is 18.8 Å². The van der Waals surface area contributed by atoms with Crippen molar-refractivity contribution in [2.45, 2.75) is 13.0 Å². The molecule has 6 nitrogen and oxygen atoms in total. The molecule has 2 N–H and O–H groups in total. The van der Waals surface area contributed by atoms with Crippen molar-refractivity contribution >= 4 is 27.7 Å². The molecule has 1 aromatic heterocycles. The number of aromatic nitrogens is 2. The van der Waals surface area contributed by atoms with E-state index in [1.54, 1.807) is 11.0 Å². The largest absolute Gasteiger partial charge is 0.350 e. The van der Waals surface area contributed by atoms with Crippen molar-refractivity contribution in [1.29, 1.82) is 0 Å². The summed E-state index contributed by atoms with van der Waals surface area (Å²) in [6, 6.07) is 9.53. The summed E-state index contributed by atoms with van der Waals surface area (Å²) in [6.45, 7) is 2.54. The summed E-state index contributed by atoms with van der Waals surface area (Å²) in [5.74, 6) is -0.173. The van der Waals surface area contributed by atoms with Gasteiger partial charge in [-0.2, -0.15) is 5.10 Å². The molecule has 1 aromatic carbocycles. The van der Waals surface area contributed by atoms with E-state index in [-0.39, 0.29) is 17.9 Å². The fourth-order valence-electron chi connectivity index (χ4n) is 2.39. The minimum Gasteiger partial charge on any atom is -0.350 e. The number of likely N-dealkylation sites (tertiary alicyclic amines) is 1. The zero-order valence-corrected chi connectivity index (χ0v) is 13.6. The van der Waals surface area contributed by atoms with Crippen molar-refractivity contribution in [1.82, 2.24) is 20.4 Å². The molecule has 114 valence electrons. The number of carbonyl (C=O) groups excluding carboxylic acids is 2. The summed E-state index contributed by atoms with van der Waals surface area (Å²) in [6.07, 6.45) is 0. The van der Waals surface area contributed by atoms with Crippen LogP contribution in [0.5, 0.6) is 0 Å². The maximum absolute atomic E-state index is 12.3. The van der Waals surface area contributed by atoms with Gasteiger partial charge in [-0.1, -0.05) is 28.1 Å². The van der Waals surface area contributed by atoms with E-state index in [1.807, 2.05) is 24.3 Å². The van der Waals surface area contributed by atoms with Gasteiger partial charge in [-0.3, -0.25) is 14.7 Å². The molecule has 2 heterocycles. The Balaban J connectivity index is 1.65. The Labute approximate surface area is 136 Å². The molecule has 0 bridgehead atoms. The van der Waals surface area contributed by atoms with E-state index < -0.39 is 0 Å². The van der Waals surface area contributed by atoms with Gasteiger partial charge in [0.15, 0.2) is 0 Å². The lowest BCUT2D eigenvalue weighted by Crippen LogP contribution is -2.60. The molecule has 2 amide bonds. The number of benzene rings is 1. The molecule has 1 saturated heterocycles. The summed E-state index contributed by atoms with van der Waals surface area (Å²) < 4.78 is 0.993. The highest BCUT2D eigenvalue weighted by Gasteiger charge is 2.32. The van der Waals surface area contributed by atoms with Crippen LogP contribution in [0, 0.1) is 0 Å². The van der Waals surface area contributed by atoms with Crippen LogP contribution in [-0.2, 0) is 4.79 Å². The molecule has 3 rings (SSSR count). The zero-order valence-electron chi connectivity index (χ0n) is 12.0. The van der Waals surface area contributed by atoms with Crippen LogP contribution in [0.15, 0.2) is 34.8 Å². The molecule has 0 unspecified atom stereocenters. The minimum absolute atomic E-state index is 0.0512. The molecule has 0 atom stereocenters. The van der Waals surface area contributed by atoms with Crippen molar-refractivity contribution in [2.24, 2.45) is 0 Å². The summed E-state index contributed by atoms with van der Waals surface area (Å²) in [7, 11) is 0. The summed E-state index contributed by atoms with van der Waals surface area (Å²) in [4.78, 5) is 24.9. The predicted octanol–water partition coefficient (Wildman–Crippen LogP) is 1.80. The van der Waals surface area contributed by atoms with Crippen molar-refractivity contribution in [3.05, 3.63) is 40.5 Å². The first-order valence-electron chi connectivity index (χ1n) is 6.90. The Morgan fingerprint density at radius 3 is 2.64 bits per heavy atom. The van der Waals surface area contributed by atoms with Crippen LogP contribution in [0.25, 0.3) is 11.3 Å². The Kier molecular flexibility index (Phi) is 3.98. The first-order valence-corrected chi connectivity index (χ1v) is 7.70. The lowest BCUT2D eigenvalue weighted by atomic mass is 10.1. The highest BCUT2D eigenvalue weighted by molar-refractivity contribution is 9.10. The second kappa shape index (κ2) is 5.92. The molecule has 1 aliphatic heterocycles. The Bertz CT molecular complexity index is 705. The highest BCUT2D eigenvalue weighted by atomic mass is 79.9. The fraction of sp³-hybridized carbons (Fsp3) is 0.267. The molecule has 0 radical (unpaired) electrons. The normalized spacial score (nSPS) is 14.5. The van der Waals surface area contributed by atoms with Crippen LogP contribution in [-0.4, -0.2) is 46.0 Å². The smallest absolute Gasteiger partial charge is 0.272 e. The quantitative estimate of drug-likeness (QED) is 0.873. The van der Waals surface area contributed by atoms with Gasteiger partial charge in [-0.25, -0.2) is 0 Å². The standard InChI is InChI=1S/C15H15BrN4O2/c1-9(21)17-12-7-20(8-12)15(22)14-6-13(18-19-14)10-2-4-11(16)5-3-10/h2-6,12H,7-8H2,1H3,(H,17,21)(H,18,19). The highest BCUT2D eigenvalue weighted by Crippen LogP contribution is 2.21. The summed E-state index contributed by atoms with van der Waals surface area (Å²) in [5.41, 5.74) is 2.13. The van der Waals surface area contributed by atoms with E-state index in [0.717, 1.165) is 15.7 Å². The Morgan fingerprint density at radius 2 is 2.00 bits per heavy atom. The Morgan fingerprint density at radius 1 is 1.32 bits per heavy atom. The molecule has 0 saturated carbocycles. The van der Waals surface area contributed by atoms with Gasteiger partial charge in [0, 0.05) is 30.0 Å². The van der Waals surface area contributed by atoms with Gasteiger partial charge in [0.2, 0.25) is 5.91 Å². The van der Waals surface area contributed by atoms with Crippen LogP contribution in [0.4, 0.5) is 0 Å². The summed E-state index contributed by atoms with van der Waals surface area (Å²) >= 11 is 3.39. The lowest BCUT2D eigenvalue weighted by Gasteiger charge is -2.38. The number of nitrogens with one attached hydrogen (secondary N) is 2. The average Bonchev–Trinajstić information content (AvgIpc) is 2.92. The monoisotopic (exact) mass is 362 g/mol. The third-order valence-corrected chi connectivity index (χ3v) is 4.05. The maximum Gasteiger partial charge on any atom is 0.272 e. The number of hydrogen-bond acceptors (Lipinski definition) is 3. The number of halogens is 1. The average molecular weight is 363 g/mol. The lowest BCUT2D eigenvalue weighted by molar-refractivity contribution is -0.120. The van der Waals surface area contributed by atoms with Crippen LogP contribution in [0.2, 0.25) is 0 Å². The van der Waals surface area contributed by atoms with Crippen molar-refractivity contribution in [3.8, 4) is 11.3 Å². The fourth-order valence-corrected chi connectivity index (χ4v) is 2.66. The first-order chi connectivity index (χ1) is 10.5. The van der Waals surface area contributed by atoms with E-state index >= 15 is 0 Å². The van der Waals surface area contributed by atoms with Crippen LogP contribution in [0.1, 0.15) is 17.4 Å². The molecule has 0 spiro atoms. The first kappa shape index (κ1) is 14.8. The molecule has 0 aliphatic carbocycles. The van der Waals surface area contributed by atoms with Gasteiger partial charge < -0.3 is 10.2 Å². The molecular weight excluding hydrogens is 348 g/mol. The van der Waals surface area contributed by atoms with Crippen LogP contribution < -0.4 is 5.32 Å². The molecular formula is C15H15BrN4O2. The minimum atomic E-state index is -0.0996. The third-order valence-electron chi connectivity index (χ3n) is 3.52. The van der Waals surface area contributed by atoms with Gasteiger partial charge in [-0.05, 0) is 18.2 Å². The molecule has 7 heteroatoms. The van der Waals surface area contributed by atoms with Crippen LogP contribution in [0.3, 0.4) is 0 Å². The zero-order chi connectivity index (χ0) is 15.7. The van der Waals surface area contributed by atoms with Gasteiger partial charge in [0.1, 0.15) is 5.69 Å². The molecule has 1 aliphatic rings. The van der Waals surface area contributed by atoms with Gasteiger partial charge in [0.25, 0.3) is 5.91 Å². The van der Waals surface area contributed by atoms with E-state index in [2.05, 4.69) is 31.4 Å². The number of nitrogens with zero attached hydrogens (tertiary/aromatic N) is 2. The number of aromatic amines is 1. The topological polar surface area (TPSA) is 78.1 Å². The summed E-state index contributed by atoms with van der Waals surface area (Å²) in [5, 5.41) is 9.76. The van der Waals surface area contributed by atoms with Crippen molar-refractivity contribution < 1.29 is 9.59 Å². The van der Waals surface area contributed by atoms with E-state index in [1.165, 1.54) is 6.92 Å². The van der Waals surface area contributed by atoms with Gasteiger partial charge in [-0.15, -0.1) is 0 Å². The third kappa shape index (κ3) is 3.04.